The van der Waals surface area contributed by atoms with Crippen molar-refractivity contribution in [2.75, 3.05) is 5.32 Å². The van der Waals surface area contributed by atoms with Gasteiger partial charge in [0.1, 0.15) is 0 Å². The summed E-state index contributed by atoms with van der Waals surface area (Å²) in [6.45, 7) is 3.95. The second kappa shape index (κ2) is 7.82. The average Bonchev–Trinajstić information content (AvgIpc) is 3.25. The minimum Gasteiger partial charge on any atom is -0.416 e. The molecule has 3 aromatic rings. The number of thiazole rings is 1. The van der Waals surface area contributed by atoms with Gasteiger partial charge in [-0.3, -0.25) is 4.79 Å². The van der Waals surface area contributed by atoms with Crippen molar-refractivity contribution in [3.8, 4) is 11.3 Å². The first kappa shape index (κ1) is 18.2. The van der Waals surface area contributed by atoms with Crippen LogP contribution >= 0.6 is 23.1 Å². The molecule has 0 spiro atoms. The third kappa shape index (κ3) is 4.39. The third-order valence-electron chi connectivity index (χ3n) is 4.39. The van der Waals surface area contributed by atoms with Crippen molar-refractivity contribution in [1.82, 2.24) is 15.2 Å². The summed E-state index contributed by atoms with van der Waals surface area (Å²) in [6, 6.07) is 8.33. The Hall–Kier alpha value is -2.19. The number of carbonyl (C=O) groups is 1. The van der Waals surface area contributed by atoms with Crippen LogP contribution in [-0.4, -0.2) is 26.3 Å². The smallest absolute Gasteiger partial charge is 0.277 e. The molecule has 1 N–H and O–H groups in total. The van der Waals surface area contributed by atoms with Gasteiger partial charge >= 0.3 is 0 Å². The molecule has 1 aliphatic carbocycles. The molecule has 0 bridgehead atoms. The normalized spacial score (nSPS) is 14.9. The summed E-state index contributed by atoms with van der Waals surface area (Å²) in [5.41, 5.74) is 3.20. The number of thioether (sulfide) groups is 1. The van der Waals surface area contributed by atoms with Crippen LogP contribution < -0.4 is 5.32 Å². The van der Waals surface area contributed by atoms with Crippen molar-refractivity contribution in [3.63, 3.8) is 0 Å². The van der Waals surface area contributed by atoms with E-state index in [9.17, 15) is 4.79 Å². The number of hydrogen-bond acceptors (Lipinski definition) is 7. The number of aromatic nitrogens is 3. The van der Waals surface area contributed by atoms with E-state index in [2.05, 4.69) is 51.7 Å². The molecule has 2 aromatic heterocycles. The van der Waals surface area contributed by atoms with E-state index in [1.165, 1.54) is 28.7 Å². The fourth-order valence-corrected chi connectivity index (χ4v) is 3.96. The Labute approximate surface area is 165 Å². The summed E-state index contributed by atoms with van der Waals surface area (Å²) in [5, 5.41) is 13.6. The number of nitrogens with zero attached hydrogens (tertiary/aromatic N) is 3. The van der Waals surface area contributed by atoms with Crippen LogP contribution in [0.4, 0.5) is 5.13 Å². The molecule has 0 aliphatic heterocycles. The molecule has 0 unspecified atom stereocenters. The molecule has 0 radical (unpaired) electrons. The zero-order valence-corrected chi connectivity index (χ0v) is 16.8. The molecule has 2 heterocycles. The van der Waals surface area contributed by atoms with Crippen LogP contribution in [0.3, 0.4) is 0 Å². The topological polar surface area (TPSA) is 80.9 Å². The van der Waals surface area contributed by atoms with Gasteiger partial charge in [-0.1, -0.05) is 43.0 Å². The lowest BCUT2D eigenvalue weighted by Gasteiger charge is -2.07. The first-order chi connectivity index (χ1) is 13.1. The number of benzene rings is 1. The van der Waals surface area contributed by atoms with E-state index in [1.54, 1.807) is 0 Å². The largest absolute Gasteiger partial charge is 0.416 e. The molecule has 1 fully saturated rings. The van der Waals surface area contributed by atoms with Gasteiger partial charge in [-0.25, -0.2) is 4.98 Å². The SMILES string of the molecule is CCc1ccc(-c2csc(NC(=O)[C@@H](C)Sc3nnc(C4CC4)o3)n2)cc1. The average molecular weight is 401 g/mol. The quantitative estimate of drug-likeness (QED) is 0.576. The molecular formula is C19H20N4O2S2. The molecule has 1 amide bonds. The molecule has 1 aliphatic rings. The number of nitrogens with one attached hydrogen (secondary N) is 1. The lowest BCUT2D eigenvalue weighted by atomic mass is 10.1. The van der Waals surface area contributed by atoms with Gasteiger partial charge in [-0.15, -0.1) is 21.5 Å². The summed E-state index contributed by atoms with van der Waals surface area (Å²) >= 11 is 2.69. The lowest BCUT2D eigenvalue weighted by molar-refractivity contribution is -0.115. The molecule has 6 nitrogen and oxygen atoms in total. The van der Waals surface area contributed by atoms with Gasteiger partial charge in [0, 0.05) is 16.9 Å². The lowest BCUT2D eigenvalue weighted by Crippen LogP contribution is -2.22. The van der Waals surface area contributed by atoms with E-state index in [0.29, 0.717) is 22.2 Å². The molecule has 27 heavy (non-hydrogen) atoms. The van der Waals surface area contributed by atoms with Gasteiger partial charge in [-0.05, 0) is 31.7 Å². The minimum absolute atomic E-state index is 0.131. The van der Waals surface area contributed by atoms with Gasteiger partial charge in [0.15, 0.2) is 5.13 Å². The molecule has 140 valence electrons. The van der Waals surface area contributed by atoms with Crippen LogP contribution in [0.2, 0.25) is 0 Å². The highest BCUT2D eigenvalue weighted by molar-refractivity contribution is 8.00. The minimum atomic E-state index is -0.353. The van der Waals surface area contributed by atoms with Crippen LogP contribution in [0.1, 0.15) is 44.1 Å². The van der Waals surface area contributed by atoms with Gasteiger partial charge in [0.05, 0.1) is 10.9 Å². The van der Waals surface area contributed by atoms with Crippen molar-refractivity contribution >= 4 is 34.1 Å². The standard InChI is InChI=1S/C19H20N4O2S2/c1-3-12-4-6-13(7-5-12)15-10-26-18(20-15)21-16(24)11(2)27-19-23-22-17(25-19)14-8-9-14/h4-7,10-11,14H,3,8-9H2,1-2H3,(H,20,21,24)/t11-/m1/s1. The molecule has 1 aromatic carbocycles. The van der Waals surface area contributed by atoms with E-state index in [1.807, 2.05) is 12.3 Å². The van der Waals surface area contributed by atoms with Crippen LogP contribution in [-0.2, 0) is 11.2 Å². The van der Waals surface area contributed by atoms with Gasteiger partial charge in [0.2, 0.25) is 11.8 Å². The van der Waals surface area contributed by atoms with E-state index in [-0.39, 0.29) is 11.2 Å². The van der Waals surface area contributed by atoms with Crippen molar-refractivity contribution in [3.05, 3.63) is 41.1 Å². The first-order valence-corrected chi connectivity index (χ1v) is 10.7. The Morgan fingerprint density at radius 3 is 2.81 bits per heavy atom. The number of carbonyl (C=O) groups excluding carboxylic acids is 1. The number of anilines is 1. The molecule has 1 saturated carbocycles. The van der Waals surface area contributed by atoms with Crippen molar-refractivity contribution in [2.24, 2.45) is 0 Å². The Bertz CT molecular complexity index is 931. The van der Waals surface area contributed by atoms with Crippen LogP contribution in [0.5, 0.6) is 0 Å². The number of amides is 1. The first-order valence-electron chi connectivity index (χ1n) is 8.98. The van der Waals surface area contributed by atoms with E-state index in [0.717, 1.165) is 30.5 Å². The van der Waals surface area contributed by atoms with Crippen LogP contribution in [0, 0.1) is 0 Å². The van der Waals surface area contributed by atoms with E-state index >= 15 is 0 Å². The number of hydrogen-bond donors (Lipinski definition) is 1. The maximum absolute atomic E-state index is 12.4. The number of aryl methyl sites for hydroxylation is 1. The third-order valence-corrected chi connectivity index (χ3v) is 6.08. The second-order valence-corrected chi connectivity index (χ2v) is 8.67. The van der Waals surface area contributed by atoms with Crippen molar-refractivity contribution < 1.29 is 9.21 Å². The summed E-state index contributed by atoms with van der Waals surface area (Å²) in [4.78, 5) is 17.0. The summed E-state index contributed by atoms with van der Waals surface area (Å²) < 4.78 is 5.61. The second-order valence-electron chi connectivity index (χ2n) is 6.52. The van der Waals surface area contributed by atoms with Crippen molar-refractivity contribution in [1.29, 1.82) is 0 Å². The Kier molecular flexibility index (Phi) is 5.27. The Morgan fingerprint density at radius 2 is 2.11 bits per heavy atom. The summed E-state index contributed by atoms with van der Waals surface area (Å²) in [7, 11) is 0. The van der Waals surface area contributed by atoms with Crippen LogP contribution in [0.25, 0.3) is 11.3 Å². The maximum Gasteiger partial charge on any atom is 0.277 e. The summed E-state index contributed by atoms with van der Waals surface area (Å²) in [5.74, 6) is 0.966. The van der Waals surface area contributed by atoms with E-state index < -0.39 is 0 Å². The molecule has 0 saturated heterocycles. The highest BCUT2D eigenvalue weighted by Gasteiger charge is 2.30. The Morgan fingerprint density at radius 1 is 1.33 bits per heavy atom. The molecular weight excluding hydrogens is 380 g/mol. The predicted octanol–water partition coefficient (Wildman–Crippen LogP) is 4.75. The fourth-order valence-electron chi connectivity index (χ4n) is 2.55. The fraction of sp³-hybridized carbons (Fsp3) is 0.368. The monoisotopic (exact) mass is 400 g/mol. The van der Waals surface area contributed by atoms with Gasteiger partial charge in [-0.2, -0.15) is 0 Å². The van der Waals surface area contributed by atoms with E-state index in [4.69, 9.17) is 4.42 Å². The zero-order valence-electron chi connectivity index (χ0n) is 15.1. The summed E-state index contributed by atoms with van der Waals surface area (Å²) in [6.07, 6.45) is 3.22. The zero-order chi connectivity index (χ0) is 18.8. The van der Waals surface area contributed by atoms with Crippen LogP contribution in [0.15, 0.2) is 39.3 Å². The highest BCUT2D eigenvalue weighted by atomic mass is 32.2. The van der Waals surface area contributed by atoms with Gasteiger partial charge in [0.25, 0.3) is 5.22 Å². The number of rotatable bonds is 7. The van der Waals surface area contributed by atoms with Gasteiger partial charge < -0.3 is 9.73 Å². The molecule has 8 heteroatoms. The highest BCUT2D eigenvalue weighted by Crippen LogP contribution is 2.40. The maximum atomic E-state index is 12.4. The predicted molar refractivity (Wildman–Crippen MR) is 107 cm³/mol. The molecule has 4 rings (SSSR count). The van der Waals surface area contributed by atoms with Crippen molar-refractivity contribution in [2.45, 2.75) is 49.5 Å². The molecule has 1 atom stereocenters. The Balaban J connectivity index is 1.36.